The first-order valence-electron chi connectivity index (χ1n) is 16.1. The number of carbonyl (C=O) groups excluding carboxylic acids is 1. The van der Waals surface area contributed by atoms with Crippen LogP contribution in [0.1, 0.15) is 76.7 Å². The van der Waals surface area contributed by atoms with Crippen LogP contribution in [0.3, 0.4) is 0 Å². The van der Waals surface area contributed by atoms with Crippen molar-refractivity contribution in [3.05, 3.63) is 48.1 Å². The van der Waals surface area contributed by atoms with Gasteiger partial charge in [-0.2, -0.15) is 0 Å². The summed E-state index contributed by atoms with van der Waals surface area (Å²) in [6.07, 6.45) is 9.31. The average Bonchev–Trinajstić information content (AvgIpc) is 3.01. The maximum absolute atomic E-state index is 13.6. The predicted octanol–water partition coefficient (Wildman–Crippen LogP) is 5.52. The van der Waals surface area contributed by atoms with Gasteiger partial charge in [-0.05, 0) is 74.6 Å². The summed E-state index contributed by atoms with van der Waals surface area (Å²) in [5.74, 6) is -0.879. The molecule has 3 aliphatic rings. The monoisotopic (exact) mass is 614 g/mol. The molecule has 0 radical (unpaired) electrons. The number of ether oxygens (including phenoxy) is 3. The van der Waals surface area contributed by atoms with Gasteiger partial charge in [-0.15, -0.1) is 6.58 Å². The maximum atomic E-state index is 13.6. The molecule has 3 N–H and O–H groups in total. The van der Waals surface area contributed by atoms with Gasteiger partial charge in [-0.1, -0.05) is 37.1 Å². The van der Waals surface area contributed by atoms with Crippen LogP contribution in [-0.4, -0.2) is 83.9 Å². The Morgan fingerprint density at radius 3 is 2.59 bits per heavy atom. The molecule has 0 unspecified atom stereocenters. The number of phenolic OH excluding ortho intramolecular Hbond substituents is 1. The van der Waals surface area contributed by atoms with Crippen LogP contribution in [0.5, 0.6) is 11.5 Å². The SMILES string of the molecule is C=CCO[C@@]12Oc3ccc(O)cc3[C@H]3[C@H](CCCCO)[C@@H](CCCCO)C=C(C(=NOC)C[C@@H]1N(CCC)C(=O)OCC)[C@H]32. The van der Waals surface area contributed by atoms with Crippen molar-refractivity contribution in [1.82, 2.24) is 4.90 Å². The molecule has 1 amide bonds. The van der Waals surface area contributed by atoms with Gasteiger partial charge in [0.15, 0.2) is 0 Å². The third kappa shape index (κ3) is 6.77. The number of rotatable bonds is 16. The standard InChI is InChI=1S/C34H50N2O8/c1-5-16-36(33(40)42-7-3)30-22-28(35-41-4)26-20-23(12-8-10-17-37)25(13-9-11-18-38)31-27-21-24(39)14-15-29(27)44-34(30,32(26)31)43-19-6-2/h6,14-15,20-21,23,25,30-32,37-39H,2,5,7-13,16-19,22H2,1,3-4H3/t23-,25+,30-,31+,32+,34+/m0/s1. The maximum Gasteiger partial charge on any atom is 0.410 e. The zero-order chi connectivity index (χ0) is 31.7. The number of oxime groups is 1. The van der Waals surface area contributed by atoms with Gasteiger partial charge in [0.1, 0.15) is 24.7 Å². The molecule has 10 heteroatoms. The summed E-state index contributed by atoms with van der Waals surface area (Å²) in [6, 6.07) is 4.58. The number of benzene rings is 1. The van der Waals surface area contributed by atoms with E-state index in [0.29, 0.717) is 38.0 Å². The first-order chi connectivity index (χ1) is 21.4. The van der Waals surface area contributed by atoms with E-state index in [1.165, 1.54) is 7.11 Å². The number of unbranched alkanes of at least 4 members (excludes halogenated alkanes) is 2. The number of carbonyl (C=O) groups is 1. The Labute approximate surface area is 261 Å². The topological polar surface area (TPSA) is 130 Å². The minimum Gasteiger partial charge on any atom is -0.508 e. The Bertz CT molecular complexity index is 1190. The first kappa shape index (κ1) is 33.8. The molecule has 0 aromatic heterocycles. The number of aliphatic hydroxyl groups excluding tert-OH is 2. The smallest absolute Gasteiger partial charge is 0.410 e. The van der Waals surface area contributed by atoms with Gasteiger partial charge in [0.2, 0.25) is 5.79 Å². The van der Waals surface area contributed by atoms with E-state index in [4.69, 9.17) is 19.0 Å². The fraction of sp³-hybridized carbons (Fsp3) is 0.647. The van der Waals surface area contributed by atoms with E-state index < -0.39 is 23.8 Å². The lowest BCUT2D eigenvalue weighted by atomic mass is 9.55. The van der Waals surface area contributed by atoms with Gasteiger partial charge in [0.25, 0.3) is 0 Å². The van der Waals surface area contributed by atoms with Crippen molar-refractivity contribution in [3.8, 4) is 11.5 Å². The summed E-state index contributed by atoms with van der Waals surface area (Å²) in [7, 11) is 1.52. The summed E-state index contributed by atoms with van der Waals surface area (Å²) in [5, 5.41) is 34.5. The molecule has 4 rings (SSSR count). The minimum atomic E-state index is -1.31. The summed E-state index contributed by atoms with van der Waals surface area (Å²) >= 11 is 0. The molecule has 1 aromatic rings. The first-order valence-corrected chi connectivity index (χ1v) is 16.1. The molecule has 1 heterocycles. The number of fused-ring (bicyclic) bond motifs is 2. The second-order valence-electron chi connectivity index (χ2n) is 11.9. The quantitative estimate of drug-likeness (QED) is 0.126. The second-order valence-corrected chi connectivity index (χ2v) is 11.9. The lowest BCUT2D eigenvalue weighted by Crippen LogP contribution is -2.70. The van der Waals surface area contributed by atoms with Crippen molar-refractivity contribution < 1.29 is 39.2 Å². The average molecular weight is 615 g/mol. The van der Waals surface area contributed by atoms with Gasteiger partial charge in [0.05, 0.1) is 24.8 Å². The number of hydrogen-bond donors (Lipinski definition) is 3. The van der Waals surface area contributed by atoms with Crippen LogP contribution in [0.15, 0.2) is 47.7 Å². The highest BCUT2D eigenvalue weighted by Gasteiger charge is 2.65. The largest absolute Gasteiger partial charge is 0.508 e. The zero-order valence-corrected chi connectivity index (χ0v) is 26.5. The zero-order valence-electron chi connectivity index (χ0n) is 26.5. The number of phenols is 1. The number of allylic oxidation sites excluding steroid dienone is 1. The number of amides is 1. The van der Waals surface area contributed by atoms with E-state index in [1.807, 2.05) is 6.92 Å². The highest BCUT2D eigenvalue weighted by atomic mass is 16.7. The second kappa shape index (κ2) is 15.8. The molecule has 244 valence electrons. The third-order valence-corrected chi connectivity index (χ3v) is 9.20. The molecular formula is C34H50N2O8. The molecule has 0 saturated heterocycles. The fourth-order valence-corrected chi connectivity index (χ4v) is 7.59. The summed E-state index contributed by atoms with van der Waals surface area (Å²) in [6.45, 7) is 8.81. The fourth-order valence-electron chi connectivity index (χ4n) is 7.59. The van der Waals surface area contributed by atoms with Crippen LogP contribution in [0, 0.1) is 17.8 Å². The minimum absolute atomic E-state index is 0.106. The van der Waals surface area contributed by atoms with Crippen LogP contribution in [0.25, 0.3) is 0 Å². The number of aliphatic hydroxyl groups is 2. The molecule has 1 aromatic carbocycles. The Kier molecular flexibility index (Phi) is 12.1. The Morgan fingerprint density at radius 2 is 1.93 bits per heavy atom. The molecule has 0 bridgehead atoms. The number of nitrogens with zero attached hydrogens (tertiary/aromatic N) is 2. The van der Waals surface area contributed by atoms with Crippen LogP contribution < -0.4 is 4.74 Å². The third-order valence-electron chi connectivity index (χ3n) is 9.20. The van der Waals surface area contributed by atoms with Gasteiger partial charge in [-0.25, -0.2) is 4.79 Å². The normalized spacial score (nSPS) is 27.9. The van der Waals surface area contributed by atoms with E-state index >= 15 is 0 Å². The van der Waals surface area contributed by atoms with Crippen molar-refractivity contribution in [1.29, 1.82) is 0 Å². The molecule has 44 heavy (non-hydrogen) atoms. The predicted molar refractivity (Wildman–Crippen MR) is 168 cm³/mol. The van der Waals surface area contributed by atoms with Crippen LogP contribution >= 0.6 is 0 Å². The summed E-state index contributed by atoms with van der Waals surface area (Å²) in [5.41, 5.74) is 2.57. The Balaban J connectivity index is 2.01. The van der Waals surface area contributed by atoms with Crippen LogP contribution in [0.2, 0.25) is 0 Å². The number of aromatic hydroxyl groups is 1. The van der Waals surface area contributed by atoms with Crippen LogP contribution in [-0.2, 0) is 14.3 Å². The molecule has 2 aliphatic carbocycles. The van der Waals surface area contributed by atoms with Gasteiger partial charge >= 0.3 is 6.09 Å². The molecular weight excluding hydrogens is 564 g/mol. The molecule has 10 nitrogen and oxygen atoms in total. The lowest BCUT2D eigenvalue weighted by Gasteiger charge is -2.59. The van der Waals surface area contributed by atoms with Gasteiger partial charge < -0.3 is 34.4 Å². The number of hydrogen-bond acceptors (Lipinski definition) is 9. The van der Waals surface area contributed by atoms with Gasteiger partial charge in [-0.3, -0.25) is 4.90 Å². The van der Waals surface area contributed by atoms with Crippen molar-refractivity contribution in [3.63, 3.8) is 0 Å². The van der Waals surface area contributed by atoms with Crippen LogP contribution in [0.4, 0.5) is 4.79 Å². The van der Waals surface area contributed by atoms with E-state index in [1.54, 1.807) is 36.1 Å². The highest BCUT2D eigenvalue weighted by molar-refractivity contribution is 6.02. The molecule has 1 saturated carbocycles. The molecule has 1 fully saturated rings. The van der Waals surface area contributed by atoms with Crippen molar-refractivity contribution in [2.24, 2.45) is 22.9 Å². The van der Waals surface area contributed by atoms with E-state index in [9.17, 15) is 20.1 Å². The molecule has 0 spiro atoms. The summed E-state index contributed by atoms with van der Waals surface area (Å²) in [4.78, 5) is 20.7. The Hall–Kier alpha value is -3.08. The Morgan fingerprint density at radius 1 is 1.18 bits per heavy atom. The lowest BCUT2D eigenvalue weighted by molar-refractivity contribution is -0.255. The molecule has 6 atom stereocenters. The molecule has 1 aliphatic heterocycles. The highest BCUT2D eigenvalue weighted by Crippen LogP contribution is 2.61. The summed E-state index contributed by atoms with van der Waals surface area (Å²) < 4.78 is 19.3. The van der Waals surface area contributed by atoms with E-state index in [0.717, 1.165) is 42.5 Å². The van der Waals surface area contributed by atoms with E-state index in [2.05, 4.69) is 17.8 Å². The van der Waals surface area contributed by atoms with E-state index in [-0.39, 0.29) is 49.9 Å². The van der Waals surface area contributed by atoms with Gasteiger partial charge in [0, 0.05) is 37.7 Å². The van der Waals surface area contributed by atoms with Crippen molar-refractivity contribution >= 4 is 11.8 Å². The van der Waals surface area contributed by atoms with Crippen molar-refractivity contribution in [2.75, 3.05) is 40.1 Å². The van der Waals surface area contributed by atoms with Crippen molar-refractivity contribution in [2.45, 2.75) is 83.0 Å².